The lowest BCUT2D eigenvalue weighted by Crippen LogP contribution is -2.08. The zero-order valence-corrected chi connectivity index (χ0v) is 9.04. The third kappa shape index (κ3) is 1.90. The summed E-state index contributed by atoms with van der Waals surface area (Å²) in [6.45, 7) is 5.86. The summed E-state index contributed by atoms with van der Waals surface area (Å²) in [5, 5.41) is 4.03. The van der Waals surface area contributed by atoms with Crippen LogP contribution in [0.2, 0.25) is 0 Å². The van der Waals surface area contributed by atoms with Gasteiger partial charge in [0.2, 0.25) is 0 Å². The molecule has 0 fully saturated rings. The van der Waals surface area contributed by atoms with Gasteiger partial charge >= 0.3 is 0 Å². The van der Waals surface area contributed by atoms with Crippen molar-refractivity contribution in [3.05, 3.63) is 5.69 Å². The molecule has 1 aromatic heterocycles. The number of rotatable bonds is 3. The summed E-state index contributed by atoms with van der Waals surface area (Å²) in [6, 6.07) is 0. The monoisotopic (exact) mass is 204 g/mol. The summed E-state index contributed by atoms with van der Waals surface area (Å²) in [7, 11) is -0.915. The van der Waals surface area contributed by atoms with Gasteiger partial charge in [0.15, 0.2) is 0 Å². The van der Waals surface area contributed by atoms with Crippen LogP contribution < -0.4 is 0 Å². The highest BCUT2D eigenvalue weighted by molar-refractivity contribution is 7.87. The Morgan fingerprint density at radius 3 is 2.75 bits per heavy atom. The highest BCUT2D eigenvalue weighted by Gasteiger charge is 2.16. The summed E-state index contributed by atoms with van der Waals surface area (Å²) < 4.78 is 16.3. The largest absolute Gasteiger partial charge is 0.253 e. The third-order valence-corrected chi connectivity index (χ3v) is 4.80. The Kier molecular flexibility index (Phi) is 3.34. The van der Waals surface area contributed by atoms with E-state index in [1.54, 1.807) is 0 Å². The molecule has 0 spiro atoms. The third-order valence-electron chi connectivity index (χ3n) is 1.73. The van der Waals surface area contributed by atoms with Crippen molar-refractivity contribution in [1.29, 1.82) is 0 Å². The number of hydrogen-bond donors (Lipinski definition) is 0. The van der Waals surface area contributed by atoms with E-state index in [4.69, 9.17) is 0 Å². The summed E-state index contributed by atoms with van der Waals surface area (Å²) in [5.74, 6) is 0. The van der Waals surface area contributed by atoms with Crippen LogP contribution in [0.15, 0.2) is 4.21 Å². The van der Waals surface area contributed by atoms with Crippen LogP contribution >= 0.6 is 11.5 Å². The van der Waals surface area contributed by atoms with Gasteiger partial charge in [-0.3, -0.25) is 4.21 Å². The maximum atomic E-state index is 11.7. The fourth-order valence-corrected chi connectivity index (χ4v) is 3.04. The van der Waals surface area contributed by atoms with Crippen LogP contribution in [0.3, 0.4) is 0 Å². The molecule has 12 heavy (non-hydrogen) atoms. The number of hydrogen-bond acceptors (Lipinski definition) is 4. The summed E-state index contributed by atoms with van der Waals surface area (Å²) in [5.41, 5.74) is 0.804. The predicted molar refractivity (Wildman–Crippen MR) is 50.8 cm³/mol. The van der Waals surface area contributed by atoms with E-state index in [1.165, 1.54) is 11.5 Å². The van der Waals surface area contributed by atoms with Crippen molar-refractivity contribution >= 4 is 22.3 Å². The summed E-state index contributed by atoms with van der Waals surface area (Å²) >= 11 is 1.24. The van der Waals surface area contributed by atoms with Crippen molar-refractivity contribution in [3.8, 4) is 0 Å². The minimum Gasteiger partial charge on any atom is -0.253 e. The molecule has 0 saturated carbocycles. The Balaban J connectivity index is 2.85. The van der Waals surface area contributed by atoms with Gasteiger partial charge in [-0.2, -0.15) is 0 Å². The highest BCUT2D eigenvalue weighted by Crippen LogP contribution is 2.19. The lowest BCUT2D eigenvalue weighted by molar-refractivity contribution is 0.671. The lowest BCUT2D eigenvalue weighted by Gasteiger charge is -2.05. The molecular weight excluding hydrogens is 192 g/mol. The molecule has 0 aliphatic carbocycles. The predicted octanol–water partition coefficient (Wildman–Crippen LogP) is 1.75. The first-order valence-corrected chi connectivity index (χ1v) is 5.85. The molecule has 1 heterocycles. The van der Waals surface area contributed by atoms with Crippen LogP contribution in [0.4, 0.5) is 0 Å². The topological polar surface area (TPSA) is 42.9 Å². The van der Waals surface area contributed by atoms with Crippen molar-refractivity contribution in [1.82, 2.24) is 9.59 Å². The van der Waals surface area contributed by atoms with Crippen molar-refractivity contribution < 1.29 is 4.21 Å². The smallest absolute Gasteiger partial charge is 0.135 e. The van der Waals surface area contributed by atoms with Crippen LogP contribution in [0.5, 0.6) is 0 Å². The molecule has 0 saturated heterocycles. The Labute approximate surface area is 78.8 Å². The molecule has 0 N–H and O–H groups in total. The van der Waals surface area contributed by atoms with Crippen LogP contribution in [0.25, 0.3) is 0 Å². The van der Waals surface area contributed by atoms with E-state index < -0.39 is 10.8 Å². The van der Waals surface area contributed by atoms with E-state index in [9.17, 15) is 4.21 Å². The summed E-state index contributed by atoms with van der Waals surface area (Å²) in [6.07, 6.45) is 0.921. The number of aryl methyl sites for hydroxylation is 1. The Morgan fingerprint density at radius 1 is 1.67 bits per heavy atom. The SMILES string of the molecule is CC[C@@H](C)[S@@](=O)c1snnc1C. The van der Waals surface area contributed by atoms with Crippen LogP contribution in [0.1, 0.15) is 26.0 Å². The van der Waals surface area contributed by atoms with Crippen molar-refractivity contribution in [3.63, 3.8) is 0 Å². The van der Waals surface area contributed by atoms with E-state index in [0.29, 0.717) is 0 Å². The Hall–Kier alpha value is -0.290. The lowest BCUT2D eigenvalue weighted by atomic mass is 10.4. The van der Waals surface area contributed by atoms with Gasteiger partial charge in [-0.05, 0) is 24.9 Å². The molecule has 2 atom stereocenters. The average Bonchev–Trinajstić information content (AvgIpc) is 2.48. The highest BCUT2D eigenvalue weighted by atomic mass is 32.2. The number of aromatic nitrogens is 2. The van der Waals surface area contributed by atoms with E-state index in [-0.39, 0.29) is 5.25 Å². The molecule has 0 aromatic carbocycles. The maximum Gasteiger partial charge on any atom is 0.135 e. The van der Waals surface area contributed by atoms with Crippen molar-refractivity contribution in [2.45, 2.75) is 36.7 Å². The first kappa shape index (κ1) is 9.80. The fraction of sp³-hybridized carbons (Fsp3) is 0.714. The summed E-state index contributed by atoms with van der Waals surface area (Å²) in [4.78, 5) is 0. The number of nitrogens with zero attached hydrogens (tertiary/aromatic N) is 2. The second kappa shape index (κ2) is 4.09. The zero-order chi connectivity index (χ0) is 9.14. The second-order valence-electron chi connectivity index (χ2n) is 2.66. The molecule has 0 unspecified atom stereocenters. The molecule has 0 amide bonds. The quantitative estimate of drug-likeness (QED) is 0.753. The molecule has 0 radical (unpaired) electrons. The average molecular weight is 204 g/mol. The van der Waals surface area contributed by atoms with Gasteiger partial charge in [0.1, 0.15) is 4.21 Å². The zero-order valence-electron chi connectivity index (χ0n) is 7.40. The van der Waals surface area contributed by atoms with Crippen LogP contribution in [0, 0.1) is 6.92 Å². The normalized spacial score (nSPS) is 15.9. The second-order valence-corrected chi connectivity index (χ2v) is 5.48. The molecule has 0 aliphatic rings. The van der Waals surface area contributed by atoms with Crippen molar-refractivity contribution in [2.75, 3.05) is 0 Å². The molecular formula is C7H12N2OS2. The maximum absolute atomic E-state index is 11.7. The molecule has 5 heteroatoms. The molecule has 0 bridgehead atoms. The first-order valence-electron chi connectivity index (χ1n) is 3.86. The minimum atomic E-state index is -0.915. The Morgan fingerprint density at radius 2 is 2.33 bits per heavy atom. The van der Waals surface area contributed by atoms with Gasteiger partial charge < -0.3 is 0 Å². The van der Waals surface area contributed by atoms with Gasteiger partial charge in [-0.15, -0.1) is 5.10 Å². The Bertz CT molecular complexity index is 285. The van der Waals surface area contributed by atoms with E-state index >= 15 is 0 Å². The van der Waals surface area contributed by atoms with Gasteiger partial charge in [0.25, 0.3) is 0 Å². The van der Waals surface area contributed by atoms with Gasteiger partial charge in [0.05, 0.1) is 16.5 Å². The molecule has 0 aliphatic heterocycles. The van der Waals surface area contributed by atoms with Gasteiger partial charge in [-0.25, -0.2) is 0 Å². The van der Waals surface area contributed by atoms with E-state index in [1.807, 2.05) is 20.8 Å². The fourth-order valence-electron chi connectivity index (χ4n) is 0.742. The van der Waals surface area contributed by atoms with Crippen LogP contribution in [-0.2, 0) is 10.8 Å². The van der Waals surface area contributed by atoms with Gasteiger partial charge in [-0.1, -0.05) is 18.3 Å². The minimum absolute atomic E-state index is 0.200. The van der Waals surface area contributed by atoms with E-state index in [0.717, 1.165) is 16.3 Å². The van der Waals surface area contributed by atoms with Crippen molar-refractivity contribution in [2.24, 2.45) is 0 Å². The molecule has 68 valence electrons. The van der Waals surface area contributed by atoms with Gasteiger partial charge in [0, 0.05) is 5.25 Å². The first-order chi connectivity index (χ1) is 5.66. The van der Waals surface area contributed by atoms with Crippen LogP contribution in [-0.4, -0.2) is 19.0 Å². The molecule has 1 aromatic rings. The van der Waals surface area contributed by atoms with E-state index in [2.05, 4.69) is 9.59 Å². The molecule has 3 nitrogen and oxygen atoms in total. The standard InChI is InChI=1S/C7H12N2OS2/c1-4-5(2)12(10)7-6(3)8-9-11-7/h5H,4H2,1-3H3/t5-,12-/m1/s1. The molecule has 1 rings (SSSR count).